The van der Waals surface area contributed by atoms with Crippen LogP contribution in [0.3, 0.4) is 0 Å². The van der Waals surface area contributed by atoms with Crippen molar-refractivity contribution in [3.05, 3.63) is 48.3 Å². The van der Waals surface area contributed by atoms with Gasteiger partial charge in [0.1, 0.15) is 5.82 Å². The molecule has 0 radical (unpaired) electrons. The number of fused-ring (bicyclic) bond motifs is 2. The number of benzene rings is 2. The molecule has 1 amide bonds. The highest BCUT2D eigenvalue weighted by Gasteiger charge is 2.16. The summed E-state index contributed by atoms with van der Waals surface area (Å²) in [6.07, 6.45) is 0. The first-order valence-electron chi connectivity index (χ1n) is 7.95. The lowest BCUT2D eigenvalue weighted by Gasteiger charge is -2.09. The number of hydrogen-bond donors (Lipinski definition) is 2. The van der Waals surface area contributed by atoms with E-state index in [2.05, 4.69) is 15.3 Å². The Kier molecular flexibility index (Phi) is 4.23. The fourth-order valence-electron chi connectivity index (χ4n) is 2.62. The molecular formula is C18H17N3O3S. The van der Waals surface area contributed by atoms with Crippen molar-refractivity contribution in [1.29, 1.82) is 0 Å². The number of para-hydroxylation sites is 2. The Morgan fingerprint density at radius 3 is 3.00 bits per heavy atom. The maximum Gasteiger partial charge on any atom is 0.234 e. The fraction of sp³-hybridized carbons (Fsp3) is 0.222. The number of nitrogens with one attached hydrogen (secondary N) is 2. The number of carbonyl (C=O) groups excluding carboxylic acids is 1. The van der Waals surface area contributed by atoms with Gasteiger partial charge in [-0.2, -0.15) is 0 Å². The number of nitrogens with zero attached hydrogens (tertiary/aromatic N) is 1. The first-order valence-corrected chi connectivity index (χ1v) is 9.00. The number of rotatable bonds is 5. The maximum atomic E-state index is 12.2. The first kappa shape index (κ1) is 15.8. The van der Waals surface area contributed by atoms with Crippen LogP contribution < -0.4 is 14.8 Å². The Morgan fingerprint density at radius 1 is 1.28 bits per heavy atom. The van der Waals surface area contributed by atoms with E-state index < -0.39 is 0 Å². The second kappa shape index (κ2) is 6.68. The van der Waals surface area contributed by atoms with Crippen LogP contribution in [0.5, 0.6) is 11.5 Å². The summed E-state index contributed by atoms with van der Waals surface area (Å²) in [7, 11) is 0. The molecule has 0 spiro atoms. The number of anilines is 1. The topological polar surface area (TPSA) is 76.2 Å². The van der Waals surface area contributed by atoms with Crippen LogP contribution in [0, 0.1) is 0 Å². The Morgan fingerprint density at radius 2 is 2.12 bits per heavy atom. The van der Waals surface area contributed by atoms with Gasteiger partial charge in [-0.25, -0.2) is 4.98 Å². The van der Waals surface area contributed by atoms with E-state index in [1.807, 2.05) is 31.2 Å². The van der Waals surface area contributed by atoms with E-state index in [1.165, 1.54) is 11.8 Å². The number of thioether (sulfide) groups is 1. The average molecular weight is 355 g/mol. The first-order chi connectivity index (χ1) is 12.2. The van der Waals surface area contributed by atoms with Crippen LogP contribution in [-0.2, 0) is 4.79 Å². The fourth-order valence-corrected chi connectivity index (χ4v) is 3.36. The molecule has 3 aromatic rings. The van der Waals surface area contributed by atoms with Crippen LogP contribution in [0.2, 0.25) is 0 Å². The third-order valence-electron chi connectivity index (χ3n) is 3.91. The molecule has 4 rings (SSSR count). The molecule has 128 valence electrons. The Labute approximate surface area is 148 Å². The van der Waals surface area contributed by atoms with E-state index in [0.717, 1.165) is 16.9 Å². The number of imidazole rings is 1. The van der Waals surface area contributed by atoms with Crippen LogP contribution in [0.1, 0.15) is 18.0 Å². The SMILES string of the molecule is CC(SCC(=O)Nc1ccc2c(c1)OCO2)c1nc2ccccc2[nH]1. The van der Waals surface area contributed by atoms with Gasteiger partial charge in [0, 0.05) is 11.8 Å². The normalized spacial score (nSPS) is 13.8. The minimum Gasteiger partial charge on any atom is -0.454 e. The molecule has 25 heavy (non-hydrogen) atoms. The molecule has 1 aliphatic rings. The molecule has 0 bridgehead atoms. The lowest BCUT2D eigenvalue weighted by atomic mass is 10.3. The van der Waals surface area contributed by atoms with Gasteiger partial charge in [-0.15, -0.1) is 11.8 Å². The number of aromatic amines is 1. The van der Waals surface area contributed by atoms with E-state index in [0.29, 0.717) is 22.9 Å². The number of hydrogen-bond acceptors (Lipinski definition) is 5. The van der Waals surface area contributed by atoms with Crippen LogP contribution in [0.25, 0.3) is 11.0 Å². The number of aromatic nitrogens is 2. The number of H-pyrrole nitrogens is 1. The zero-order chi connectivity index (χ0) is 17.2. The van der Waals surface area contributed by atoms with E-state index in [1.54, 1.807) is 18.2 Å². The molecule has 1 unspecified atom stereocenters. The third kappa shape index (κ3) is 3.41. The van der Waals surface area contributed by atoms with Gasteiger partial charge < -0.3 is 19.8 Å². The molecule has 6 nitrogen and oxygen atoms in total. The minimum atomic E-state index is -0.0631. The van der Waals surface area contributed by atoms with Crippen LogP contribution in [0.15, 0.2) is 42.5 Å². The van der Waals surface area contributed by atoms with Gasteiger partial charge in [0.15, 0.2) is 11.5 Å². The molecule has 0 saturated heterocycles. The molecule has 1 aliphatic heterocycles. The highest BCUT2D eigenvalue weighted by molar-refractivity contribution is 8.00. The van der Waals surface area contributed by atoms with Crippen molar-refractivity contribution in [3.8, 4) is 11.5 Å². The van der Waals surface area contributed by atoms with Crippen LogP contribution >= 0.6 is 11.8 Å². The van der Waals surface area contributed by atoms with Gasteiger partial charge in [0.05, 0.1) is 22.0 Å². The summed E-state index contributed by atoms with van der Waals surface area (Å²) in [5.74, 6) is 2.51. The lowest BCUT2D eigenvalue weighted by Crippen LogP contribution is -2.14. The monoisotopic (exact) mass is 355 g/mol. The van der Waals surface area contributed by atoms with Gasteiger partial charge in [-0.05, 0) is 31.2 Å². The molecule has 2 aromatic carbocycles. The third-order valence-corrected chi connectivity index (χ3v) is 5.07. The van der Waals surface area contributed by atoms with Crippen molar-refractivity contribution in [2.75, 3.05) is 17.9 Å². The molecule has 0 fully saturated rings. The van der Waals surface area contributed by atoms with Crippen molar-refractivity contribution in [1.82, 2.24) is 9.97 Å². The number of amides is 1. The zero-order valence-electron chi connectivity index (χ0n) is 13.6. The van der Waals surface area contributed by atoms with Gasteiger partial charge in [0.2, 0.25) is 12.7 Å². The highest BCUT2D eigenvalue weighted by Crippen LogP contribution is 2.34. The van der Waals surface area contributed by atoms with Crippen LogP contribution in [0.4, 0.5) is 5.69 Å². The van der Waals surface area contributed by atoms with Crippen molar-refractivity contribution < 1.29 is 14.3 Å². The summed E-state index contributed by atoms with van der Waals surface area (Å²) in [6.45, 7) is 2.26. The summed E-state index contributed by atoms with van der Waals surface area (Å²) in [6, 6.07) is 13.3. The molecule has 1 atom stereocenters. The van der Waals surface area contributed by atoms with Crippen molar-refractivity contribution in [2.24, 2.45) is 0 Å². The van der Waals surface area contributed by atoms with Crippen molar-refractivity contribution in [2.45, 2.75) is 12.2 Å². The highest BCUT2D eigenvalue weighted by atomic mass is 32.2. The van der Waals surface area contributed by atoms with E-state index in [4.69, 9.17) is 9.47 Å². The Balaban J connectivity index is 1.35. The molecule has 0 saturated carbocycles. The molecular weight excluding hydrogens is 338 g/mol. The van der Waals surface area contributed by atoms with Crippen LogP contribution in [-0.4, -0.2) is 28.4 Å². The van der Waals surface area contributed by atoms with Crippen molar-refractivity contribution >= 4 is 34.4 Å². The zero-order valence-corrected chi connectivity index (χ0v) is 14.4. The average Bonchev–Trinajstić information content (AvgIpc) is 3.25. The largest absolute Gasteiger partial charge is 0.454 e. The van der Waals surface area contributed by atoms with E-state index in [-0.39, 0.29) is 18.0 Å². The number of carbonyl (C=O) groups is 1. The minimum absolute atomic E-state index is 0.0631. The van der Waals surface area contributed by atoms with Crippen molar-refractivity contribution in [3.63, 3.8) is 0 Å². The standard InChI is InChI=1S/C18H17N3O3S/c1-11(18-20-13-4-2-3-5-14(13)21-18)25-9-17(22)19-12-6-7-15-16(8-12)24-10-23-15/h2-8,11H,9-10H2,1H3,(H,19,22)(H,20,21). The Bertz CT molecular complexity index is 892. The maximum absolute atomic E-state index is 12.2. The summed E-state index contributed by atoms with van der Waals surface area (Å²) in [5.41, 5.74) is 2.65. The smallest absolute Gasteiger partial charge is 0.234 e. The van der Waals surface area contributed by atoms with E-state index >= 15 is 0 Å². The second-order valence-corrected chi connectivity index (χ2v) is 7.04. The van der Waals surface area contributed by atoms with Gasteiger partial charge in [-0.3, -0.25) is 4.79 Å². The Hall–Kier alpha value is -2.67. The summed E-state index contributed by atoms with van der Waals surface area (Å²) in [4.78, 5) is 20.1. The predicted molar refractivity (Wildman–Crippen MR) is 98.2 cm³/mol. The molecule has 2 heterocycles. The molecule has 7 heteroatoms. The second-order valence-electron chi connectivity index (χ2n) is 5.71. The predicted octanol–water partition coefficient (Wildman–Crippen LogP) is 3.72. The summed E-state index contributed by atoms with van der Waals surface area (Å²) in [5, 5.41) is 2.97. The summed E-state index contributed by atoms with van der Waals surface area (Å²) >= 11 is 1.54. The van der Waals surface area contributed by atoms with E-state index in [9.17, 15) is 4.79 Å². The number of ether oxygens (including phenoxy) is 2. The molecule has 1 aromatic heterocycles. The van der Waals surface area contributed by atoms with Gasteiger partial charge >= 0.3 is 0 Å². The lowest BCUT2D eigenvalue weighted by molar-refractivity contribution is -0.113. The van der Waals surface area contributed by atoms with Gasteiger partial charge in [0.25, 0.3) is 0 Å². The quantitative estimate of drug-likeness (QED) is 0.729. The summed E-state index contributed by atoms with van der Waals surface area (Å²) < 4.78 is 10.6. The van der Waals surface area contributed by atoms with Gasteiger partial charge in [-0.1, -0.05) is 12.1 Å². The molecule has 2 N–H and O–H groups in total. The molecule has 0 aliphatic carbocycles.